The molecule has 1 aromatic heterocycles. The lowest BCUT2D eigenvalue weighted by Gasteiger charge is -2.29. The molecule has 0 radical (unpaired) electrons. The summed E-state index contributed by atoms with van der Waals surface area (Å²) in [5.74, 6) is -1.86. The molecule has 0 amide bonds. The Bertz CT molecular complexity index is 874. The zero-order valence-corrected chi connectivity index (χ0v) is 14.5. The number of morpholine rings is 1. The number of hydrogen-bond acceptors (Lipinski definition) is 5. The van der Waals surface area contributed by atoms with Crippen LogP contribution in [0, 0.1) is 5.82 Å². The first kappa shape index (κ1) is 18.3. The minimum atomic E-state index is -1.32. The van der Waals surface area contributed by atoms with Gasteiger partial charge in [0.25, 0.3) is 0 Å². The Labute approximate surface area is 149 Å². The highest BCUT2D eigenvalue weighted by atomic mass is 19.1. The van der Waals surface area contributed by atoms with E-state index in [0.29, 0.717) is 57.1 Å². The van der Waals surface area contributed by atoms with Crippen molar-refractivity contribution >= 4 is 22.6 Å². The third-order valence-corrected chi connectivity index (χ3v) is 4.48. The molecule has 1 aliphatic heterocycles. The summed E-state index contributed by atoms with van der Waals surface area (Å²) in [6.45, 7) is 3.09. The average Bonchev–Trinajstić information content (AvgIpc) is 2.64. The van der Waals surface area contributed by atoms with Gasteiger partial charge in [0.05, 0.1) is 24.4 Å². The van der Waals surface area contributed by atoms with Crippen LogP contribution in [0.2, 0.25) is 0 Å². The van der Waals surface area contributed by atoms with Crippen molar-refractivity contribution in [3.8, 4) is 0 Å². The number of halogens is 1. The highest BCUT2D eigenvalue weighted by Crippen LogP contribution is 2.26. The van der Waals surface area contributed by atoms with Crippen molar-refractivity contribution in [1.82, 2.24) is 4.57 Å². The number of benzene rings is 1. The minimum absolute atomic E-state index is 0.0665. The maximum Gasteiger partial charge on any atom is 0.341 e. The molecule has 0 atom stereocenters. The number of aryl methyl sites for hydroxylation is 1. The number of carboxylic acids is 1. The Kier molecular flexibility index (Phi) is 5.53. The molecular formula is C18H21FN2O5. The van der Waals surface area contributed by atoms with E-state index >= 15 is 0 Å². The van der Waals surface area contributed by atoms with E-state index in [1.54, 1.807) is 17.7 Å². The molecule has 1 aromatic carbocycles. The van der Waals surface area contributed by atoms with E-state index < -0.39 is 17.2 Å². The maximum absolute atomic E-state index is 14.7. The molecule has 0 bridgehead atoms. The SMILES string of the molecule is COCCCn1cc(C(=O)O)c(=O)c2cc(F)c(N3CCOCC3)cc21. The molecular weight excluding hydrogens is 343 g/mol. The molecule has 2 heterocycles. The van der Waals surface area contributed by atoms with Gasteiger partial charge in [0, 0.05) is 44.9 Å². The first-order valence-electron chi connectivity index (χ1n) is 8.44. The van der Waals surface area contributed by atoms with Crippen LogP contribution < -0.4 is 10.3 Å². The Hall–Kier alpha value is -2.45. The second-order valence-corrected chi connectivity index (χ2v) is 6.14. The van der Waals surface area contributed by atoms with E-state index in [0.717, 1.165) is 6.07 Å². The number of fused-ring (bicyclic) bond motifs is 1. The van der Waals surface area contributed by atoms with Gasteiger partial charge < -0.3 is 24.0 Å². The number of aromatic carboxylic acids is 1. The van der Waals surface area contributed by atoms with Gasteiger partial charge in [0.2, 0.25) is 5.43 Å². The Balaban J connectivity index is 2.15. The quantitative estimate of drug-likeness (QED) is 0.786. The molecule has 1 N–H and O–H groups in total. The molecule has 1 saturated heterocycles. The number of methoxy groups -OCH3 is 1. The summed E-state index contributed by atoms with van der Waals surface area (Å²) in [5, 5.41) is 9.36. The van der Waals surface area contributed by atoms with Crippen LogP contribution in [0.15, 0.2) is 23.1 Å². The zero-order chi connectivity index (χ0) is 18.7. The van der Waals surface area contributed by atoms with Crippen LogP contribution in [0.3, 0.4) is 0 Å². The molecule has 3 rings (SSSR count). The molecule has 2 aromatic rings. The van der Waals surface area contributed by atoms with Gasteiger partial charge in [-0.3, -0.25) is 4.79 Å². The van der Waals surface area contributed by atoms with Crippen molar-refractivity contribution in [2.45, 2.75) is 13.0 Å². The van der Waals surface area contributed by atoms with Gasteiger partial charge >= 0.3 is 5.97 Å². The largest absolute Gasteiger partial charge is 0.477 e. The Morgan fingerprint density at radius 3 is 2.73 bits per heavy atom. The monoisotopic (exact) mass is 364 g/mol. The van der Waals surface area contributed by atoms with Gasteiger partial charge in [0.15, 0.2) is 0 Å². The van der Waals surface area contributed by atoms with Crippen LogP contribution in [0.5, 0.6) is 0 Å². The fraction of sp³-hybridized carbons (Fsp3) is 0.444. The Morgan fingerprint density at radius 1 is 1.35 bits per heavy atom. The summed E-state index contributed by atoms with van der Waals surface area (Å²) in [6, 6.07) is 2.76. The van der Waals surface area contributed by atoms with E-state index in [1.165, 1.54) is 6.20 Å². The molecule has 0 saturated carbocycles. The number of ether oxygens (including phenoxy) is 2. The standard InChI is InChI=1S/C18H21FN2O5/c1-25-6-2-3-21-11-13(18(23)24)17(22)12-9-14(19)16(10-15(12)21)20-4-7-26-8-5-20/h9-11H,2-8H2,1H3,(H,23,24). The summed E-state index contributed by atoms with van der Waals surface area (Å²) in [5.41, 5.74) is -0.140. The molecule has 0 spiro atoms. The van der Waals surface area contributed by atoms with Crippen molar-refractivity contribution in [3.63, 3.8) is 0 Å². The van der Waals surface area contributed by atoms with Gasteiger partial charge in [-0.2, -0.15) is 0 Å². The fourth-order valence-corrected chi connectivity index (χ4v) is 3.16. The van der Waals surface area contributed by atoms with Gasteiger partial charge in [-0.1, -0.05) is 0 Å². The smallest absolute Gasteiger partial charge is 0.341 e. The van der Waals surface area contributed by atoms with Gasteiger partial charge in [-0.15, -0.1) is 0 Å². The number of carbonyl (C=O) groups is 1. The first-order chi connectivity index (χ1) is 12.5. The van der Waals surface area contributed by atoms with E-state index in [1.807, 2.05) is 4.90 Å². The highest BCUT2D eigenvalue weighted by molar-refractivity contribution is 5.93. The molecule has 1 aliphatic rings. The van der Waals surface area contributed by atoms with Crippen LogP contribution >= 0.6 is 0 Å². The molecule has 0 aliphatic carbocycles. The zero-order valence-electron chi connectivity index (χ0n) is 14.5. The predicted molar refractivity (Wildman–Crippen MR) is 94.7 cm³/mol. The molecule has 7 nitrogen and oxygen atoms in total. The number of carboxylic acid groups (broad SMARTS) is 1. The number of rotatable bonds is 6. The lowest BCUT2D eigenvalue weighted by atomic mass is 10.1. The number of hydrogen-bond donors (Lipinski definition) is 1. The normalized spacial score (nSPS) is 14.8. The van der Waals surface area contributed by atoms with Crippen LogP contribution in [-0.4, -0.2) is 55.7 Å². The van der Waals surface area contributed by atoms with Crippen molar-refractivity contribution in [3.05, 3.63) is 39.9 Å². The van der Waals surface area contributed by atoms with E-state index in [-0.39, 0.29) is 10.9 Å². The topological polar surface area (TPSA) is 81.0 Å². The lowest BCUT2D eigenvalue weighted by molar-refractivity contribution is 0.0694. The maximum atomic E-state index is 14.7. The number of pyridine rings is 1. The third-order valence-electron chi connectivity index (χ3n) is 4.48. The molecule has 8 heteroatoms. The van der Waals surface area contributed by atoms with Crippen LogP contribution in [-0.2, 0) is 16.0 Å². The number of anilines is 1. The van der Waals surface area contributed by atoms with Gasteiger partial charge in [-0.05, 0) is 18.6 Å². The van der Waals surface area contributed by atoms with Crippen LogP contribution in [0.25, 0.3) is 10.9 Å². The van der Waals surface area contributed by atoms with Gasteiger partial charge in [-0.25, -0.2) is 9.18 Å². The van der Waals surface area contributed by atoms with Crippen molar-refractivity contribution < 1.29 is 23.8 Å². The van der Waals surface area contributed by atoms with E-state index in [4.69, 9.17) is 9.47 Å². The van der Waals surface area contributed by atoms with E-state index in [2.05, 4.69) is 0 Å². The second kappa shape index (κ2) is 7.84. The number of aromatic nitrogens is 1. The lowest BCUT2D eigenvalue weighted by Crippen LogP contribution is -2.36. The summed E-state index contributed by atoms with van der Waals surface area (Å²) < 4.78 is 26.7. The number of nitrogens with zero attached hydrogens (tertiary/aromatic N) is 2. The third kappa shape index (κ3) is 3.56. The average molecular weight is 364 g/mol. The van der Waals surface area contributed by atoms with Crippen LogP contribution in [0.4, 0.5) is 10.1 Å². The molecule has 26 heavy (non-hydrogen) atoms. The summed E-state index contributed by atoms with van der Waals surface area (Å²) in [4.78, 5) is 25.7. The minimum Gasteiger partial charge on any atom is -0.477 e. The highest BCUT2D eigenvalue weighted by Gasteiger charge is 2.20. The fourth-order valence-electron chi connectivity index (χ4n) is 3.16. The Morgan fingerprint density at radius 2 is 2.08 bits per heavy atom. The predicted octanol–water partition coefficient (Wildman–Crippen LogP) is 1.71. The molecule has 140 valence electrons. The summed E-state index contributed by atoms with van der Waals surface area (Å²) >= 11 is 0. The molecule has 1 fully saturated rings. The van der Waals surface area contributed by atoms with Crippen molar-refractivity contribution in [2.75, 3.05) is 44.9 Å². The van der Waals surface area contributed by atoms with Crippen molar-refractivity contribution in [1.29, 1.82) is 0 Å². The molecule has 0 unspecified atom stereocenters. The van der Waals surface area contributed by atoms with E-state index in [9.17, 15) is 19.1 Å². The first-order valence-corrected chi connectivity index (χ1v) is 8.44. The van der Waals surface area contributed by atoms with Gasteiger partial charge in [0.1, 0.15) is 11.4 Å². The van der Waals surface area contributed by atoms with Crippen LogP contribution in [0.1, 0.15) is 16.8 Å². The summed E-state index contributed by atoms with van der Waals surface area (Å²) in [6.07, 6.45) is 1.96. The summed E-state index contributed by atoms with van der Waals surface area (Å²) in [7, 11) is 1.58. The second-order valence-electron chi connectivity index (χ2n) is 6.14. The van der Waals surface area contributed by atoms with Crippen molar-refractivity contribution in [2.24, 2.45) is 0 Å².